The molecule has 4 heteroatoms. The number of carbonyl (C=O) groups is 1. The van der Waals surface area contributed by atoms with Gasteiger partial charge in [-0.05, 0) is 36.9 Å². The quantitative estimate of drug-likeness (QED) is 0.849. The fourth-order valence-electron chi connectivity index (χ4n) is 2.91. The molecule has 0 saturated heterocycles. The van der Waals surface area contributed by atoms with Crippen molar-refractivity contribution in [3.05, 3.63) is 35.4 Å². The Balaban J connectivity index is 2.15. The molecular formula is C15H19F2NO. The highest BCUT2D eigenvalue weighted by Gasteiger charge is 2.33. The summed E-state index contributed by atoms with van der Waals surface area (Å²) >= 11 is 0. The molecule has 0 amide bonds. The number of hydrogen-bond donors (Lipinski definition) is 1. The molecule has 1 aromatic carbocycles. The molecule has 1 aromatic rings. The van der Waals surface area contributed by atoms with Crippen LogP contribution in [-0.4, -0.2) is 12.3 Å². The molecule has 0 atom stereocenters. The van der Waals surface area contributed by atoms with E-state index in [9.17, 15) is 13.6 Å². The van der Waals surface area contributed by atoms with Crippen LogP contribution in [0.5, 0.6) is 0 Å². The second kappa shape index (κ2) is 5.78. The molecule has 1 saturated carbocycles. The predicted octanol–water partition coefficient (Wildman–Crippen LogP) is 3.45. The number of carbonyl (C=O) groups excluding carboxylic acids is 1. The van der Waals surface area contributed by atoms with E-state index in [1.807, 2.05) is 0 Å². The fraction of sp³-hybridized carbons (Fsp3) is 0.533. The Morgan fingerprint density at radius 2 is 1.68 bits per heavy atom. The number of halogens is 2. The molecular weight excluding hydrogens is 248 g/mol. The van der Waals surface area contributed by atoms with Crippen molar-refractivity contribution in [2.75, 3.05) is 6.54 Å². The lowest BCUT2D eigenvalue weighted by atomic mass is 9.70. The van der Waals surface area contributed by atoms with Gasteiger partial charge in [0.05, 0.1) is 0 Å². The highest BCUT2D eigenvalue weighted by molar-refractivity contribution is 5.96. The van der Waals surface area contributed by atoms with Crippen LogP contribution in [0.15, 0.2) is 18.2 Å². The monoisotopic (exact) mass is 267 g/mol. The summed E-state index contributed by atoms with van der Waals surface area (Å²) in [6.45, 7) is 0.455. The van der Waals surface area contributed by atoms with Gasteiger partial charge in [-0.3, -0.25) is 4.79 Å². The fourth-order valence-corrected chi connectivity index (χ4v) is 2.91. The number of rotatable bonds is 4. The van der Waals surface area contributed by atoms with Gasteiger partial charge >= 0.3 is 0 Å². The van der Waals surface area contributed by atoms with Gasteiger partial charge in [0.15, 0.2) is 5.78 Å². The van der Waals surface area contributed by atoms with Gasteiger partial charge in [0, 0.05) is 18.1 Å². The first-order valence-corrected chi connectivity index (χ1v) is 6.74. The zero-order chi connectivity index (χ0) is 13.9. The molecule has 1 fully saturated rings. The molecule has 0 bridgehead atoms. The van der Waals surface area contributed by atoms with Crippen LogP contribution in [-0.2, 0) is 0 Å². The predicted molar refractivity (Wildman–Crippen MR) is 69.9 cm³/mol. The maximum atomic E-state index is 13.1. The van der Waals surface area contributed by atoms with Crippen LogP contribution in [0.2, 0.25) is 0 Å². The molecule has 104 valence electrons. The number of nitrogens with two attached hydrogens (primary N) is 1. The van der Waals surface area contributed by atoms with Gasteiger partial charge in [0.1, 0.15) is 11.6 Å². The lowest BCUT2D eigenvalue weighted by molar-refractivity contribution is 0.0867. The van der Waals surface area contributed by atoms with Crippen LogP contribution in [0.4, 0.5) is 8.78 Å². The topological polar surface area (TPSA) is 43.1 Å². The second-order valence-corrected chi connectivity index (χ2v) is 5.52. The van der Waals surface area contributed by atoms with E-state index in [2.05, 4.69) is 0 Å². The first-order valence-electron chi connectivity index (χ1n) is 6.74. The summed E-state index contributed by atoms with van der Waals surface area (Å²) in [5.41, 5.74) is 5.75. The van der Waals surface area contributed by atoms with E-state index in [-0.39, 0.29) is 23.2 Å². The molecule has 2 nitrogen and oxygen atoms in total. The summed E-state index contributed by atoms with van der Waals surface area (Å²) in [5.74, 6) is -1.65. The summed E-state index contributed by atoms with van der Waals surface area (Å²) in [7, 11) is 0. The summed E-state index contributed by atoms with van der Waals surface area (Å²) in [5, 5.41) is 0. The first kappa shape index (κ1) is 14.1. The second-order valence-electron chi connectivity index (χ2n) is 5.52. The summed E-state index contributed by atoms with van der Waals surface area (Å²) in [6, 6.07) is 2.97. The van der Waals surface area contributed by atoms with Crippen molar-refractivity contribution in [2.45, 2.75) is 38.5 Å². The Labute approximate surface area is 112 Å². The van der Waals surface area contributed by atoms with Gasteiger partial charge in [0.25, 0.3) is 0 Å². The van der Waals surface area contributed by atoms with Gasteiger partial charge in [0.2, 0.25) is 0 Å². The Morgan fingerprint density at radius 3 is 2.21 bits per heavy atom. The Kier molecular flexibility index (Phi) is 4.30. The molecule has 1 aliphatic rings. The minimum atomic E-state index is -0.714. The highest BCUT2D eigenvalue weighted by Crippen LogP contribution is 2.39. The zero-order valence-corrected chi connectivity index (χ0v) is 10.9. The molecule has 0 heterocycles. The SMILES string of the molecule is NCC1(CC(=O)c2cc(F)cc(F)c2)CCCCC1. The molecule has 0 radical (unpaired) electrons. The normalized spacial score (nSPS) is 18.3. The summed E-state index contributed by atoms with van der Waals surface area (Å²) in [6.07, 6.45) is 5.45. The highest BCUT2D eigenvalue weighted by atomic mass is 19.1. The summed E-state index contributed by atoms with van der Waals surface area (Å²) < 4.78 is 26.3. The minimum Gasteiger partial charge on any atom is -0.330 e. The van der Waals surface area contributed by atoms with Crippen LogP contribution in [0, 0.1) is 17.0 Å². The summed E-state index contributed by atoms with van der Waals surface area (Å²) in [4.78, 5) is 12.2. The van der Waals surface area contributed by atoms with Gasteiger partial charge in [-0.2, -0.15) is 0 Å². The third-order valence-electron chi connectivity index (χ3n) is 4.07. The number of benzene rings is 1. The van der Waals surface area contributed by atoms with E-state index in [4.69, 9.17) is 5.73 Å². The lowest BCUT2D eigenvalue weighted by Gasteiger charge is -2.35. The van der Waals surface area contributed by atoms with Crippen molar-refractivity contribution in [2.24, 2.45) is 11.1 Å². The molecule has 19 heavy (non-hydrogen) atoms. The van der Waals surface area contributed by atoms with Crippen LogP contribution in [0.1, 0.15) is 48.9 Å². The number of hydrogen-bond acceptors (Lipinski definition) is 2. The maximum Gasteiger partial charge on any atom is 0.163 e. The number of Topliss-reactive ketones (excluding diaryl/α,β-unsaturated/α-hetero) is 1. The van der Waals surface area contributed by atoms with Gasteiger partial charge in [-0.15, -0.1) is 0 Å². The van der Waals surface area contributed by atoms with Crippen molar-refractivity contribution < 1.29 is 13.6 Å². The Hall–Kier alpha value is -1.29. The van der Waals surface area contributed by atoms with Crippen LogP contribution in [0.25, 0.3) is 0 Å². The standard InChI is InChI=1S/C15H19F2NO/c16-12-6-11(7-13(17)8-12)14(19)9-15(10-18)4-2-1-3-5-15/h6-8H,1-5,9-10,18H2. The smallest absolute Gasteiger partial charge is 0.163 e. The van der Waals surface area contributed by atoms with Crippen molar-refractivity contribution in [1.29, 1.82) is 0 Å². The third-order valence-corrected chi connectivity index (χ3v) is 4.07. The Morgan fingerprint density at radius 1 is 1.11 bits per heavy atom. The van der Waals surface area contributed by atoms with Crippen molar-refractivity contribution in [3.8, 4) is 0 Å². The molecule has 0 aromatic heterocycles. The molecule has 0 unspecified atom stereocenters. The molecule has 0 spiro atoms. The molecule has 2 N–H and O–H groups in total. The van der Waals surface area contributed by atoms with Gasteiger partial charge in [-0.1, -0.05) is 19.3 Å². The third kappa shape index (κ3) is 3.38. The van der Waals surface area contributed by atoms with Gasteiger partial charge in [-0.25, -0.2) is 8.78 Å². The van der Waals surface area contributed by atoms with E-state index < -0.39 is 11.6 Å². The van der Waals surface area contributed by atoms with Crippen molar-refractivity contribution >= 4 is 5.78 Å². The molecule has 0 aliphatic heterocycles. The average molecular weight is 267 g/mol. The van der Waals surface area contributed by atoms with E-state index in [1.54, 1.807) is 0 Å². The van der Waals surface area contributed by atoms with Gasteiger partial charge < -0.3 is 5.73 Å². The van der Waals surface area contributed by atoms with E-state index in [0.29, 0.717) is 6.54 Å². The maximum absolute atomic E-state index is 13.1. The number of ketones is 1. The van der Waals surface area contributed by atoms with Crippen LogP contribution < -0.4 is 5.73 Å². The minimum absolute atomic E-state index is 0.107. The zero-order valence-electron chi connectivity index (χ0n) is 10.9. The largest absolute Gasteiger partial charge is 0.330 e. The first-order chi connectivity index (χ1) is 9.04. The van der Waals surface area contributed by atoms with Crippen LogP contribution in [0.3, 0.4) is 0 Å². The van der Waals surface area contributed by atoms with Crippen molar-refractivity contribution in [3.63, 3.8) is 0 Å². The molecule has 2 rings (SSSR count). The van der Waals surface area contributed by atoms with Crippen molar-refractivity contribution in [1.82, 2.24) is 0 Å². The molecule has 1 aliphatic carbocycles. The lowest BCUT2D eigenvalue weighted by Crippen LogP contribution is -2.35. The van der Waals surface area contributed by atoms with Crippen LogP contribution >= 0.6 is 0 Å². The Bertz CT molecular complexity index is 447. The van der Waals surface area contributed by atoms with E-state index in [1.165, 1.54) is 6.42 Å². The average Bonchev–Trinajstić information content (AvgIpc) is 2.38. The van der Waals surface area contributed by atoms with E-state index in [0.717, 1.165) is 43.9 Å². The van der Waals surface area contributed by atoms with E-state index >= 15 is 0 Å².